The molecule has 0 amide bonds. The topological polar surface area (TPSA) is 46.2 Å². The summed E-state index contributed by atoms with van der Waals surface area (Å²) in [7, 11) is 0. The molecule has 0 saturated heterocycles. The molecule has 0 radical (unpaired) electrons. The highest BCUT2D eigenvalue weighted by molar-refractivity contribution is 6.22. The maximum Gasteiger partial charge on any atom is 0.166 e. The van der Waals surface area contributed by atoms with Gasteiger partial charge in [0.05, 0.1) is 5.57 Å². The van der Waals surface area contributed by atoms with E-state index >= 15 is 0 Å². The summed E-state index contributed by atoms with van der Waals surface area (Å²) in [6.07, 6.45) is 3.75. The highest BCUT2D eigenvalue weighted by atomic mass is 16.1. The largest absolute Gasteiger partial charge is 0.313 e. The Morgan fingerprint density at radius 1 is 1.13 bits per heavy atom. The second-order valence-electron chi connectivity index (χ2n) is 7.37. The molecule has 1 saturated carbocycles. The number of nitrogens with one attached hydrogen (secondary N) is 1. The van der Waals surface area contributed by atoms with Crippen molar-refractivity contribution in [1.29, 1.82) is 0 Å². The molecule has 3 heteroatoms. The van der Waals surface area contributed by atoms with E-state index in [1.54, 1.807) is 0 Å². The molecule has 1 aliphatic rings. The minimum atomic E-state index is -0.189. The van der Waals surface area contributed by atoms with Gasteiger partial charge in [0, 0.05) is 19.4 Å². The summed E-state index contributed by atoms with van der Waals surface area (Å²) in [6, 6.07) is 10.3. The molecule has 0 heterocycles. The molecule has 0 spiro atoms. The number of hydrogen-bond donors (Lipinski definition) is 1. The van der Waals surface area contributed by atoms with Crippen molar-refractivity contribution < 1.29 is 9.59 Å². The molecule has 0 aliphatic heterocycles. The van der Waals surface area contributed by atoms with Crippen LogP contribution in [0.3, 0.4) is 0 Å². The minimum absolute atomic E-state index is 0.00958. The van der Waals surface area contributed by atoms with Gasteiger partial charge in [0.2, 0.25) is 0 Å². The van der Waals surface area contributed by atoms with Crippen LogP contribution in [-0.2, 0) is 16.1 Å². The second-order valence-corrected chi connectivity index (χ2v) is 7.37. The Morgan fingerprint density at radius 3 is 2.35 bits per heavy atom. The molecule has 2 rings (SSSR count). The lowest BCUT2D eigenvalue weighted by Gasteiger charge is -2.28. The average Bonchev–Trinajstić information content (AvgIpc) is 2.48. The van der Waals surface area contributed by atoms with Crippen LogP contribution >= 0.6 is 0 Å². The molecule has 0 aromatic heterocycles. The quantitative estimate of drug-likeness (QED) is 0.495. The fraction of sp³-hybridized carbons (Fsp3) is 0.500. The predicted molar refractivity (Wildman–Crippen MR) is 93.0 cm³/mol. The molecule has 3 nitrogen and oxygen atoms in total. The lowest BCUT2D eigenvalue weighted by molar-refractivity contribution is -0.127. The van der Waals surface area contributed by atoms with Gasteiger partial charge in [0.1, 0.15) is 0 Å². The van der Waals surface area contributed by atoms with Gasteiger partial charge in [0.25, 0.3) is 0 Å². The van der Waals surface area contributed by atoms with Gasteiger partial charge in [0.15, 0.2) is 11.6 Å². The molecule has 1 aromatic rings. The first-order chi connectivity index (χ1) is 10.9. The van der Waals surface area contributed by atoms with E-state index in [4.69, 9.17) is 0 Å². The lowest BCUT2D eigenvalue weighted by atomic mass is 9.73. The Kier molecular flexibility index (Phi) is 5.89. The highest BCUT2D eigenvalue weighted by Gasteiger charge is 2.35. The van der Waals surface area contributed by atoms with Crippen LogP contribution in [0.1, 0.15) is 45.6 Å². The number of rotatable bonds is 6. The monoisotopic (exact) mass is 313 g/mol. The molecule has 1 fully saturated rings. The van der Waals surface area contributed by atoms with Crippen LogP contribution in [0.25, 0.3) is 0 Å². The lowest BCUT2D eigenvalue weighted by Crippen LogP contribution is -2.31. The molecule has 0 bridgehead atoms. The molecule has 1 unspecified atom stereocenters. The summed E-state index contributed by atoms with van der Waals surface area (Å²) in [5, 5.41) is 3.41. The minimum Gasteiger partial charge on any atom is -0.313 e. The van der Waals surface area contributed by atoms with Crippen molar-refractivity contribution in [3.8, 4) is 0 Å². The van der Waals surface area contributed by atoms with E-state index in [1.165, 1.54) is 5.56 Å². The third-order valence-electron chi connectivity index (χ3n) is 4.28. The first-order valence-corrected chi connectivity index (χ1v) is 8.40. The third kappa shape index (κ3) is 5.43. The maximum absolute atomic E-state index is 12.2. The van der Waals surface area contributed by atoms with Crippen LogP contribution in [-0.4, -0.2) is 18.1 Å². The summed E-state index contributed by atoms with van der Waals surface area (Å²) in [5.41, 5.74) is 1.50. The number of Topliss-reactive ketones (excluding diaryl/α,β-unsaturated/α-hetero) is 2. The zero-order valence-corrected chi connectivity index (χ0v) is 14.4. The number of carbonyl (C=O) groups is 2. The van der Waals surface area contributed by atoms with Crippen molar-refractivity contribution in [2.75, 3.05) is 6.54 Å². The van der Waals surface area contributed by atoms with Gasteiger partial charge >= 0.3 is 0 Å². The van der Waals surface area contributed by atoms with Gasteiger partial charge in [-0.05, 0) is 29.9 Å². The van der Waals surface area contributed by atoms with Gasteiger partial charge in [-0.25, -0.2) is 0 Å². The molecule has 1 aromatic carbocycles. The first kappa shape index (κ1) is 17.6. The van der Waals surface area contributed by atoms with Crippen LogP contribution in [0.5, 0.6) is 0 Å². The van der Waals surface area contributed by atoms with E-state index in [2.05, 4.69) is 24.4 Å². The molecule has 1 N–H and O–H groups in total. The predicted octanol–water partition coefficient (Wildman–Crippen LogP) is 3.69. The highest BCUT2D eigenvalue weighted by Crippen LogP contribution is 2.34. The van der Waals surface area contributed by atoms with Crippen LogP contribution < -0.4 is 5.32 Å². The van der Waals surface area contributed by atoms with Crippen molar-refractivity contribution in [3.05, 3.63) is 47.5 Å². The number of carbonyl (C=O) groups excluding carboxylic acids is 2. The average molecular weight is 313 g/mol. The summed E-state index contributed by atoms with van der Waals surface area (Å²) in [4.78, 5) is 24.3. The van der Waals surface area contributed by atoms with E-state index in [0.29, 0.717) is 18.4 Å². The Balaban J connectivity index is 1.80. The second kappa shape index (κ2) is 7.69. The Labute approximate surface area is 139 Å². The Bertz CT molecular complexity index is 565. The van der Waals surface area contributed by atoms with E-state index in [1.807, 2.05) is 38.1 Å². The van der Waals surface area contributed by atoms with Gasteiger partial charge in [-0.15, -0.1) is 0 Å². The van der Waals surface area contributed by atoms with Crippen LogP contribution in [0.2, 0.25) is 0 Å². The van der Waals surface area contributed by atoms with Crippen LogP contribution in [0.4, 0.5) is 0 Å². The molecular formula is C20H27NO2. The summed E-state index contributed by atoms with van der Waals surface area (Å²) in [6.45, 7) is 7.74. The molecule has 1 atom stereocenters. The third-order valence-corrected chi connectivity index (χ3v) is 4.28. The zero-order chi connectivity index (χ0) is 16.9. The van der Waals surface area contributed by atoms with E-state index < -0.39 is 0 Å². The van der Waals surface area contributed by atoms with Gasteiger partial charge in [-0.2, -0.15) is 0 Å². The van der Waals surface area contributed by atoms with Crippen molar-refractivity contribution in [2.24, 2.45) is 11.3 Å². The van der Waals surface area contributed by atoms with Crippen molar-refractivity contribution >= 4 is 11.6 Å². The molecule has 1 aliphatic carbocycles. The van der Waals surface area contributed by atoms with Gasteiger partial charge in [-0.1, -0.05) is 57.2 Å². The normalized spacial score (nSPS) is 18.8. The first-order valence-electron chi connectivity index (χ1n) is 8.40. The molecule has 23 heavy (non-hydrogen) atoms. The van der Waals surface area contributed by atoms with Crippen molar-refractivity contribution in [2.45, 2.75) is 46.6 Å². The molecule has 124 valence electrons. The molecular weight excluding hydrogens is 286 g/mol. The Hall–Kier alpha value is -1.74. The van der Waals surface area contributed by atoms with E-state index in [9.17, 15) is 9.59 Å². The smallest absolute Gasteiger partial charge is 0.166 e. The maximum atomic E-state index is 12.2. The van der Waals surface area contributed by atoms with Crippen molar-refractivity contribution in [1.82, 2.24) is 5.32 Å². The summed E-state index contributed by atoms with van der Waals surface area (Å²) in [5.74, 6) is 0.244. The van der Waals surface area contributed by atoms with E-state index in [0.717, 1.165) is 19.5 Å². The summed E-state index contributed by atoms with van der Waals surface area (Å²) < 4.78 is 0. The van der Waals surface area contributed by atoms with Crippen molar-refractivity contribution in [3.63, 3.8) is 0 Å². The fourth-order valence-corrected chi connectivity index (χ4v) is 2.99. The Morgan fingerprint density at radius 2 is 1.74 bits per heavy atom. The number of benzene rings is 1. The van der Waals surface area contributed by atoms with Gasteiger partial charge < -0.3 is 5.32 Å². The fourth-order valence-electron chi connectivity index (χ4n) is 2.99. The van der Waals surface area contributed by atoms with E-state index in [-0.39, 0.29) is 22.9 Å². The van der Waals surface area contributed by atoms with Crippen LogP contribution in [0, 0.1) is 11.3 Å². The standard InChI is InChI=1S/C20H27NO2/c1-15(9-10-21-14-16-7-5-4-6-8-16)11-17-18(22)12-20(2,3)13-19(17)23/h4-8,11,15,21H,9-10,12-14H2,1-3H3. The SMILES string of the molecule is CC(C=C1C(=O)CC(C)(C)CC1=O)CCNCc1ccccc1. The zero-order valence-electron chi connectivity index (χ0n) is 14.4. The number of ketones is 2. The van der Waals surface area contributed by atoms with Gasteiger partial charge in [-0.3, -0.25) is 9.59 Å². The number of allylic oxidation sites excluding steroid dienone is 2. The summed E-state index contributed by atoms with van der Waals surface area (Å²) >= 11 is 0. The number of hydrogen-bond acceptors (Lipinski definition) is 3. The van der Waals surface area contributed by atoms with Crippen LogP contribution in [0.15, 0.2) is 42.0 Å².